The molecule has 1 heterocycles. The van der Waals surface area contributed by atoms with Gasteiger partial charge in [0.2, 0.25) is 11.9 Å². The molecular formula is C19H29ClN6O2. The largest absolute Gasteiger partial charge is 0.378 e. The molecule has 9 heteroatoms. The summed E-state index contributed by atoms with van der Waals surface area (Å²) in [5.74, 6) is 1.98. The standard InChI is InChI=1S/C19H29ClN6O2/c1-14(2)17-24-18(22-8-10-28-12-11-27-9-7-21)26-19(25-17)23-13-15-3-5-16(20)6-4-15/h3-6,14H,7-13,21H2,1-2H3,(H2,22,23,24,25,26). The second-order valence-electron chi connectivity index (χ2n) is 6.42. The fourth-order valence-electron chi connectivity index (χ4n) is 2.23. The molecular weight excluding hydrogens is 380 g/mol. The maximum Gasteiger partial charge on any atom is 0.228 e. The van der Waals surface area contributed by atoms with Crippen molar-refractivity contribution in [2.24, 2.45) is 5.73 Å². The van der Waals surface area contributed by atoms with E-state index in [1.807, 2.05) is 38.1 Å². The molecule has 4 N–H and O–H groups in total. The number of nitrogens with two attached hydrogens (primary N) is 1. The van der Waals surface area contributed by atoms with E-state index in [1.54, 1.807) is 0 Å². The van der Waals surface area contributed by atoms with Crippen molar-refractivity contribution in [1.29, 1.82) is 0 Å². The van der Waals surface area contributed by atoms with E-state index >= 15 is 0 Å². The summed E-state index contributed by atoms with van der Waals surface area (Å²) in [4.78, 5) is 13.4. The van der Waals surface area contributed by atoms with Crippen LogP contribution in [0.3, 0.4) is 0 Å². The van der Waals surface area contributed by atoms with E-state index in [9.17, 15) is 0 Å². The van der Waals surface area contributed by atoms with Crippen LogP contribution in [0.25, 0.3) is 0 Å². The molecule has 0 bridgehead atoms. The molecule has 0 fully saturated rings. The first-order valence-corrected chi connectivity index (χ1v) is 9.80. The van der Waals surface area contributed by atoms with Crippen LogP contribution in [0.1, 0.15) is 31.2 Å². The average Bonchev–Trinajstić information content (AvgIpc) is 2.69. The Morgan fingerprint density at radius 2 is 1.57 bits per heavy atom. The highest BCUT2D eigenvalue weighted by atomic mass is 35.5. The summed E-state index contributed by atoms with van der Waals surface area (Å²) in [6.45, 7) is 7.97. The van der Waals surface area contributed by atoms with E-state index < -0.39 is 0 Å². The van der Waals surface area contributed by atoms with Gasteiger partial charge in [-0.05, 0) is 17.7 Å². The molecule has 0 saturated carbocycles. The van der Waals surface area contributed by atoms with Crippen LogP contribution in [-0.2, 0) is 16.0 Å². The van der Waals surface area contributed by atoms with Gasteiger partial charge in [-0.25, -0.2) is 0 Å². The summed E-state index contributed by atoms with van der Waals surface area (Å²) in [5.41, 5.74) is 6.45. The summed E-state index contributed by atoms with van der Waals surface area (Å²) >= 11 is 5.92. The Morgan fingerprint density at radius 3 is 2.21 bits per heavy atom. The number of halogens is 1. The zero-order chi connectivity index (χ0) is 20.2. The van der Waals surface area contributed by atoms with Crippen LogP contribution in [0.15, 0.2) is 24.3 Å². The Labute approximate surface area is 171 Å². The maximum atomic E-state index is 5.92. The zero-order valence-corrected chi connectivity index (χ0v) is 17.2. The van der Waals surface area contributed by atoms with Crippen molar-refractivity contribution in [2.45, 2.75) is 26.3 Å². The molecule has 0 amide bonds. The molecule has 28 heavy (non-hydrogen) atoms. The van der Waals surface area contributed by atoms with Crippen LogP contribution < -0.4 is 16.4 Å². The first kappa shape index (κ1) is 22.3. The number of aromatic nitrogens is 3. The van der Waals surface area contributed by atoms with E-state index in [-0.39, 0.29) is 5.92 Å². The third-order valence-electron chi connectivity index (χ3n) is 3.70. The van der Waals surface area contributed by atoms with Crippen molar-refractivity contribution in [3.05, 3.63) is 40.7 Å². The van der Waals surface area contributed by atoms with Crippen LogP contribution in [0, 0.1) is 0 Å². The topological polar surface area (TPSA) is 107 Å². The fraction of sp³-hybridized carbons (Fsp3) is 0.526. The van der Waals surface area contributed by atoms with Crippen molar-refractivity contribution in [2.75, 3.05) is 50.2 Å². The van der Waals surface area contributed by atoms with Crippen molar-refractivity contribution in [3.63, 3.8) is 0 Å². The van der Waals surface area contributed by atoms with Crippen molar-refractivity contribution >= 4 is 23.5 Å². The highest BCUT2D eigenvalue weighted by molar-refractivity contribution is 6.30. The quantitative estimate of drug-likeness (QED) is 0.434. The highest BCUT2D eigenvalue weighted by Gasteiger charge is 2.09. The second kappa shape index (κ2) is 12.5. The summed E-state index contributed by atoms with van der Waals surface area (Å²) in [6.07, 6.45) is 0. The van der Waals surface area contributed by atoms with Gasteiger partial charge in [-0.2, -0.15) is 15.0 Å². The van der Waals surface area contributed by atoms with Gasteiger partial charge < -0.3 is 25.8 Å². The number of hydrogen-bond acceptors (Lipinski definition) is 8. The molecule has 1 aromatic carbocycles. The predicted molar refractivity (Wildman–Crippen MR) is 112 cm³/mol. The Bertz CT molecular complexity index is 699. The minimum atomic E-state index is 0.190. The third kappa shape index (κ3) is 8.35. The average molecular weight is 409 g/mol. The van der Waals surface area contributed by atoms with Crippen LogP contribution in [0.4, 0.5) is 11.9 Å². The van der Waals surface area contributed by atoms with Crippen LogP contribution in [-0.4, -0.2) is 54.5 Å². The van der Waals surface area contributed by atoms with Crippen molar-refractivity contribution in [3.8, 4) is 0 Å². The minimum absolute atomic E-state index is 0.190. The van der Waals surface area contributed by atoms with Gasteiger partial charge in [0.1, 0.15) is 5.82 Å². The molecule has 0 spiro atoms. The van der Waals surface area contributed by atoms with Gasteiger partial charge in [-0.1, -0.05) is 37.6 Å². The van der Waals surface area contributed by atoms with E-state index in [0.717, 1.165) is 11.4 Å². The zero-order valence-electron chi connectivity index (χ0n) is 16.4. The van der Waals surface area contributed by atoms with Crippen molar-refractivity contribution < 1.29 is 9.47 Å². The number of nitrogens with one attached hydrogen (secondary N) is 2. The lowest BCUT2D eigenvalue weighted by atomic mass is 10.2. The molecule has 0 saturated heterocycles. The Balaban J connectivity index is 1.84. The van der Waals surface area contributed by atoms with Gasteiger partial charge in [-0.3, -0.25) is 0 Å². The first-order chi connectivity index (χ1) is 13.6. The number of anilines is 2. The van der Waals surface area contributed by atoms with Crippen molar-refractivity contribution in [1.82, 2.24) is 15.0 Å². The van der Waals surface area contributed by atoms with Gasteiger partial charge in [-0.15, -0.1) is 0 Å². The number of benzene rings is 1. The normalized spacial score (nSPS) is 11.0. The lowest BCUT2D eigenvalue weighted by Gasteiger charge is -2.12. The van der Waals surface area contributed by atoms with E-state index in [4.69, 9.17) is 26.8 Å². The Morgan fingerprint density at radius 1 is 0.929 bits per heavy atom. The molecule has 1 aromatic heterocycles. The van der Waals surface area contributed by atoms with E-state index in [0.29, 0.717) is 63.0 Å². The lowest BCUT2D eigenvalue weighted by molar-refractivity contribution is 0.0547. The lowest BCUT2D eigenvalue weighted by Crippen LogP contribution is -2.17. The molecule has 2 aromatic rings. The number of hydrogen-bond donors (Lipinski definition) is 3. The molecule has 0 atom stereocenters. The first-order valence-electron chi connectivity index (χ1n) is 9.42. The molecule has 2 rings (SSSR count). The van der Waals surface area contributed by atoms with Crippen LogP contribution in [0.2, 0.25) is 5.02 Å². The third-order valence-corrected chi connectivity index (χ3v) is 3.95. The molecule has 0 aliphatic carbocycles. The maximum absolute atomic E-state index is 5.92. The SMILES string of the molecule is CC(C)c1nc(NCCOCCOCCN)nc(NCc2ccc(Cl)cc2)n1. The summed E-state index contributed by atoms with van der Waals surface area (Å²) in [7, 11) is 0. The number of ether oxygens (including phenoxy) is 2. The Hall–Kier alpha value is -2.00. The van der Waals surface area contributed by atoms with Gasteiger partial charge in [0, 0.05) is 30.6 Å². The fourth-order valence-corrected chi connectivity index (χ4v) is 2.36. The summed E-state index contributed by atoms with van der Waals surface area (Å²) in [5, 5.41) is 7.14. The molecule has 0 aliphatic rings. The predicted octanol–water partition coefficient (Wildman–Crippen LogP) is 2.66. The van der Waals surface area contributed by atoms with Gasteiger partial charge in [0.05, 0.1) is 26.4 Å². The summed E-state index contributed by atoms with van der Waals surface area (Å²) < 4.78 is 10.8. The molecule has 0 aliphatic heterocycles. The molecule has 0 radical (unpaired) electrons. The van der Waals surface area contributed by atoms with E-state index in [1.165, 1.54) is 0 Å². The van der Waals surface area contributed by atoms with Gasteiger partial charge >= 0.3 is 0 Å². The minimum Gasteiger partial charge on any atom is -0.378 e. The second-order valence-corrected chi connectivity index (χ2v) is 6.85. The summed E-state index contributed by atoms with van der Waals surface area (Å²) in [6, 6.07) is 7.65. The van der Waals surface area contributed by atoms with Gasteiger partial charge in [0.15, 0.2) is 0 Å². The van der Waals surface area contributed by atoms with Crippen LogP contribution in [0.5, 0.6) is 0 Å². The van der Waals surface area contributed by atoms with Crippen LogP contribution >= 0.6 is 11.6 Å². The highest BCUT2D eigenvalue weighted by Crippen LogP contribution is 2.15. The van der Waals surface area contributed by atoms with Gasteiger partial charge in [0.25, 0.3) is 0 Å². The number of nitrogens with zero attached hydrogens (tertiary/aromatic N) is 3. The smallest absolute Gasteiger partial charge is 0.228 e. The number of rotatable bonds is 13. The Kier molecular flexibility index (Phi) is 9.92. The van der Waals surface area contributed by atoms with E-state index in [2.05, 4.69) is 25.6 Å². The monoisotopic (exact) mass is 408 g/mol. The molecule has 0 unspecified atom stereocenters. The molecule has 154 valence electrons. The molecule has 8 nitrogen and oxygen atoms in total.